The molecule has 6 heteroatoms. The molecule has 1 aromatic heterocycles. The summed E-state index contributed by atoms with van der Waals surface area (Å²) in [6, 6.07) is 6.87. The number of hydrogen-bond donors (Lipinski definition) is 1. The van der Waals surface area contributed by atoms with E-state index in [2.05, 4.69) is 15.0 Å². The molecule has 0 fully saturated rings. The molecular weight excluding hydrogens is 252 g/mol. The number of nitrogens with one attached hydrogen (secondary N) is 1. The van der Waals surface area contributed by atoms with E-state index in [-0.39, 0.29) is 11.8 Å². The number of imidazole rings is 1. The van der Waals surface area contributed by atoms with E-state index in [0.717, 1.165) is 24.5 Å². The van der Waals surface area contributed by atoms with Gasteiger partial charge in [-0.15, -0.1) is 0 Å². The molecule has 2 aromatic rings. The minimum atomic E-state index is -2.79. The third kappa shape index (κ3) is 2.52. The Hall–Kier alpha value is -2.11. The fraction of sp³-hybridized carbons (Fsp3) is 0.308. The fourth-order valence-electron chi connectivity index (χ4n) is 2.26. The number of fused-ring (bicyclic) bond motifs is 1. The number of aryl methyl sites for hydroxylation is 1. The maximum absolute atomic E-state index is 12.1. The zero-order chi connectivity index (χ0) is 13.2. The molecule has 1 N–H and O–H groups in total. The van der Waals surface area contributed by atoms with Gasteiger partial charge in [-0.3, -0.25) is 0 Å². The van der Waals surface area contributed by atoms with Crippen LogP contribution in [0, 0.1) is 0 Å². The number of rotatable bonds is 3. The summed E-state index contributed by atoms with van der Waals surface area (Å²) < 4.78 is 30.5. The zero-order valence-electron chi connectivity index (χ0n) is 10.1. The monoisotopic (exact) mass is 265 g/mol. The summed E-state index contributed by atoms with van der Waals surface area (Å²) in [6.45, 7) is -1.89. The summed E-state index contributed by atoms with van der Waals surface area (Å²) in [4.78, 5) is 4.22. The van der Waals surface area contributed by atoms with Crippen molar-refractivity contribution in [2.45, 2.75) is 25.6 Å². The molecule has 4 nitrogen and oxygen atoms in total. The maximum Gasteiger partial charge on any atom is 0.387 e. The molecule has 0 aliphatic carbocycles. The third-order valence-corrected chi connectivity index (χ3v) is 3.19. The second kappa shape index (κ2) is 4.87. The molecule has 1 aliphatic rings. The van der Waals surface area contributed by atoms with Gasteiger partial charge in [0.05, 0.1) is 6.04 Å². The van der Waals surface area contributed by atoms with Gasteiger partial charge in [-0.25, -0.2) is 4.98 Å². The van der Waals surface area contributed by atoms with Crippen LogP contribution < -0.4 is 10.1 Å². The van der Waals surface area contributed by atoms with E-state index in [1.807, 2.05) is 10.8 Å². The first-order valence-corrected chi connectivity index (χ1v) is 6.05. The van der Waals surface area contributed by atoms with Crippen LogP contribution in [0.5, 0.6) is 5.75 Å². The van der Waals surface area contributed by atoms with Gasteiger partial charge in [-0.2, -0.15) is 8.78 Å². The molecule has 19 heavy (non-hydrogen) atoms. The number of benzene rings is 1. The SMILES string of the molecule is FC(F)Oc1ccc(C2CCn3ccnc3N2)cc1. The maximum atomic E-state index is 12.1. The summed E-state index contributed by atoms with van der Waals surface area (Å²) in [5.41, 5.74) is 1.04. The van der Waals surface area contributed by atoms with Crippen LogP contribution in [-0.4, -0.2) is 16.2 Å². The van der Waals surface area contributed by atoms with Gasteiger partial charge in [0.2, 0.25) is 5.95 Å². The molecule has 2 heterocycles. The normalized spacial score (nSPS) is 17.9. The molecule has 0 bridgehead atoms. The highest BCUT2D eigenvalue weighted by atomic mass is 19.3. The van der Waals surface area contributed by atoms with Gasteiger partial charge in [-0.1, -0.05) is 12.1 Å². The van der Waals surface area contributed by atoms with Crippen molar-refractivity contribution in [1.82, 2.24) is 9.55 Å². The summed E-state index contributed by atoms with van der Waals surface area (Å²) in [5.74, 6) is 1.01. The van der Waals surface area contributed by atoms with E-state index in [1.54, 1.807) is 30.5 Å². The lowest BCUT2D eigenvalue weighted by molar-refractivity contribution is -0.0498. The number of ether oxygens (including phenoxy) is 1. The van der Waals surface area contributed by atoms with Crippen molar-refractivity contribution in [2.75, 3.05) is 5.32 Å². The average Bonchev–Trinajstić information content (AvgIpc) is 2.86. The van der Waals surface area contributed by atoms with Gasteiger partial charge in [-0.05, 0) is 24.1 Å². The Morgan fingerprint density at radius 3 is 2.84 bits per heavy atom. The number of anilines is 1. The van der Waals surface area contributed by atoms with E-state index in [9.17, 15) is 8.78 Å². The molecule has 0 saturated heterocycles. The van der Waals surface area contributed by atoms with Crippen LogP contribution in [0.25, 0.3) is 0 Å². The molecule has 0 spiro atoms. The standard InChI is InChI=1S/C13H13F2N3O/c14-12(15)19-10-3-1-9(2-4-10)11-5-7-18-8-6-16-13(18)17-11/h1-4,6,8,11-12H,5,7H2,(H,16,17). The molecule has 1 atom stereocenters. The lowest BCUT2D eigenvalue weighted by Crippen LogP contribution is -2.21. The van der Waals surface area contributed by atoms with Gasteiger partial charge < -0.3 is 14.6 Å². The van der Waals surface area contributed by atoms with Crippen molar-refractivity contribution in [3.8, 4) is 5.75 Å². The lowest BCUT2D eigenvalue weighted by atomic mass is 10.0. The number of nitrogens with zero attached hydrogens (tertiary/aromatic N) is 2. The van der Waals surface area contributed by atoms with Crippen LogP contribution in [0.15, 0.2) is 36.7 Å². The largest absolute Gasteiger partial charge is 0.435 e. The molecule has 1 aromatic carbocycles. The molecule has 0 radical (unpaired) electrons. The highest BCUT2D eigenvalue weighted by Crippen LogP contribution is 2.28. The predicted molar refractivity (Wildman–Crippen MR) is 66.3 cm³/mol. The first-order chi connectivity index (χ1) is 9.22. The van der Waals surface area contributed by atoms with Crippen molar-refractivity contribution in [2.24, 2.45) is 0 Å². The Morgan fingerprint density at radius 1 is 1.32 bits per heavy atom. The van der Waals surface area contributed by atoms with Crippen LogP contribution >= 0.6 is 0 Å². The molecule has 0 amide bonds. The van der Waals surface area contributed by atoms with Crippen LogP contribution in [0.2, 0.25) is 0 Å². The quantitative estimate of drug-likeness (QED) is 0.927. The molecular formula is C13H13F2N3O. The molecule has 3 rings (SSSR count). The fourth-order valence-corrected chi connectivity index (χ4v) is 2.26. The van der Waals surface area contributed by atoms with E-state index < -0.39 is 6.61 Å². The molecule has 1 aliphatic heterocycles. The van der Waals surface area contributed by atoms with Crippen LogP contribution in [0.3, 0.4) is 0 Å². The topological polar surface area (TPSA) is 39.1 Å². The van der Waals surface area contributed by atoms with Crippen molar-refractivity contribution < 1.29 is 13.5 Å². The average molecular weight is 265 g/mol. The number of alkyl halides is 2. The number of aromatic nitrogens is 2. The Morgan fingerprint density at radius 2 is 2.11 bits per heavy atom. The zero-order valence-corrected chi connectivity index (χ0v) is 10.1. The third-order valence-electron chi connectivity index (χ3n) is 3.19. The predicted octanol–water partition coefficient (Wildman–Crippen LogP) is 3.04. The van der Waals surface area contributed by atoms with Crippen LogP contribution in [0.4, 0.5) is 14.7 Å². The van der Waals surface area contributed by atoms with Crippen LogP contribution in [-0.2, 0) is 6.54 Å². The Kier molecular flexibility index (Phi) is 3.06. The van der Waals surface area contributed by atoms with Gasteiger partial charge in [0.15, 0.2) is 0 Å². The summed E-state index contributed by atoms with van der Waals surface area (Å²) in [7, 11) is 0. The number of hydrogen-bond acceptors (Lipinski definition) is 3. The van der Waals surface area contributed by atoms with Crippen molar-refractivity contribution >= 4 is 5.95 Å². The van der Waals surface area contributed by atoms with Crippen molar-refractivity contribution in [1.29, 1.82) is 0 Å². The van der Waals surface area contributed by atoms with Gasteiger partial charge in [0.1, 0.15) is 5.75 Å². The van der Waals surface area contributed by atoms with E-state index in [0.29, 0.717) is 0 Å². The van der Waals surface area contributed by atoms with E-state index in [4.69, 9.17) is 0 Å². The number of halogens is 2. The van der Waals surface area contributed by atoms with Gasteiger partial charge >= 0.3 is 6.61 Å². The van der Waals surface area contributed by atoms with E-state index in [1.165, 1.54) is 0 Å². The smallest absolute Gasteiger partial charge is 0.387 e. The van der Waals surface area contributed by atoms with Crippen molar-refractivity contribution in [3.05, 3.63) is 42.2 Å². The highest BCUT2D eigenvalue weighted by molar-refractivity contribution is 5.37. The Balaban J connectivity index is 1.73. The molecule has 1 unspecified atom stereocenters. The molecule has 0 saturated carbocycles. The summed E-state index contributed by atoms with van der Waals surface area (Å²) in [5, 5.41) is 3.32. The highest BCUT2D eigenvalue weighted by Gasteiger charge is 2.19. The van der Waals surface area contributed by atoms with Crippen LogP contribution in [0.1, 0.15) is 18.0 Å². The second-order valence-electron chi connectivity index (χ2n) is 4.38. The minimum absolute atomic E-state index is 0.149. The minimum Gasteiger partial charge on any atom is -0.435 e. The van der Waals surface area contributed by atoms with Crippen molar-refractivity contribution in [3.63, 3.8) is 0 Å². The van der Waals surface area contributed by atoms with E-state index >= 15 is 0 Å². The van der Waals surface area contributed by atoms with Gasteiger partial charge in [0, 0.05) is 18.9 Å². The lowest BCUT2D eigenvalue weighted by Gasteiger charge is -2.25. The second-order valence-corrected chi connectivity index (χ2v) is 4.38. The summed E-state index contributed by atoms with van der Waals surface area (Å²) >= 11 is 0. The Labute approximate surface area is 109 Å². The molecule has 100 valence electrons. The first kappa shape index (κ1) is 12.0. The Bertz CT molecular complexity index is 553. The summed E-state index contributed by atoms with van der Waals surface area (Å²) in [6.07, 6.45) is 4.61. The first-order valence-electron chi connectivity index (χ1n) is 6.05. The van der Waals surface area contributed by atoms with Gasteiger partial charge in [0.25, 0.3) is 0 Å².